The number of nitrogens with one attached hydrogen (secondary N) is 2. The summed E-state index contributed by atoms with van der Waals surface area (Å²) in [5, 5.41) is 8.72. The Morgan fingerprint density at radius 3 is 2.82 bits per heavy atom. The van der Waals surface area contributed by atoms with Gasteiger partial charge >= 0.3 is 0 Å². The summed E-state index contributed by atoms with van der Waals surface area (Å²) in [6, 6.07) is 10.1. The average Bonchev–Trinajstić information content (AvgIpc) is 2.92. The van der Waals surface area contributed by atoms with E-state index in [1.807, 2.05) is 54.8 Å². The summed E-state index contributed by atoms with van der Waals surface area (Å²) in [6.45, 7) is 3.83. The van der Waals surface area contributed by atoms with Gasteiger partial charge < -0.3 is 10.6 Å². The molecule has 5 heteroatoms. The highest BCUT2D eigenvalue weighted by atomic mass is 32.1. The smallest absolute Gasteiger partial charge is 0.229 e. The minimum atomic E-state index is 0.0217. The van der Waals surface area contributed by atoms with Gasteiger partial charge in [-0.3, -0.25) is 4.79 Å². The maximum atomic E-state index is 12.1. The number of anilines is 1. The van der Waals surface area contributed by atoms with Gasteiger partial charge in [0, 0.05) is 11.3 Å². The minimum absolute atomic E-state index is 0.0217. The van der Waals surface area contributed by atoms with Gasteiger partial charge in [-0.25, -0.2) is 4.98 Å². The molecular weight excluding hydrogens is 294 g/mol. The molecule has 0 spiro atoms. The van der Waals surface area contributed by atoms with Crippen molar-refractivity contribution in [2.75, 3.05) is 18.4 Å². The van der Waals surface area contributed by atoms with Gasteiger partial charge in [0.25, 0.3) is 0 Å². The third-order valence-corrected chi connectivity index (χ3v) is 4.71. The third-order valence-electron chi connectivity index (χ3n) is 3.93. The van der Waals surface area contributed by atoms with Crippen molar-refractivity contribution in [3.63, 3.8) is 0 Å². The molecule has 2 heterocycles. The highest BCUT2D eigenvalue weighted by Crippen LogP contribution is 2.21. The zero-order valence-electron chi connectivity index (χ0n) is 12.5. The van der Waals surface area contributed by atoms with Crippen LogP contribution in [-0.4, -0.2) is 24.0 Å². The van der Waals surface area contributed by atoms with E-state index in [2.05, 4.69) is 15.6 Å². The molecule has 1 atom stereocenters. The topological polar surface area (TPSA) is 54.0 Å². The van der Waals surface area contributed by atoms with Crippen LogP contribution in [0.15, 0.2) is 35.7 Å². The molecule has 1 fully saturated rings. The molecule has 114 valence electrons. The fraction of sp³-hybridized carbons (Fsp3) is 0.294. The number of carbonyl (C=O) groups excluding carboxylic acids is 1. The van der Waals surface area contributed by atoms with Crippen LogP contribution in [0, 0.1) is 11.8 Å². The standard InChI is InChI=1S/C17H19N3OS/c1-12(14-9-18-10-14)16(21)20-17-19-15(11-22-17)8-7-13-5-3-2-4-6-13/h2-8,11-12,14,18H,9-10H2,1H3,(H,19,20,21)/b8-7+. The number of carbonyl (C=O) groups is 1. The summed E-state index contributed by atoms with van der Waals surface area (Å²) in [4.78, 5) is 16.6. The summed E-state index contributed by atoms with van der Waals surface area (Å²) in [5.41, 5.74) is 1.99. The Kier molecular flexibility index (Phi) is 4.65. The molecule has 1 saturated heterocycles. The van der Waals surface area contributed by atoms with Gasteiger partial charge in [-0.2, -0.15) is 0 Å². The van der Waals surface area contributed by atoms with Crippen molar-refractivity contribution in [2.45, 2.75) is 6.92 Å². The molecular formula is C17H19N3OS. The van der Waals surface area contributed by atoms with E-state index in [0.29, 0.717) is 11.0 Å². The lowest BCUT2D eigenvalue weighted by Crippen LogP contribution is -2.48. The van der Waals surface area contributed by atoms with Gasteiger partial charge in [0.05, 0.1) is 5.69 Å². The van der Waals surface area contributed by atoms with Gasteiger partial charge in [0.1, 0.15) is 0 Å². The number of thiazole rings is 1. The van der Waals surface area contributed by atoms with E-state index in [-0.39, 0.29) is 11.8 Å². The summed E-state index contributed by atoms with van der Waals surface area (Å²) >= 11 is 1.46. The average molecular weight is 313 g/mol. The quantitative estimate of drug-likeness (QED) is 0.892. The maximum absolute atomic E-state index is 12.1. The number of hydrogen-bond acceptors (Lipinski definition) is 4. The predicted octanol–water partition coefficient (Wildman–Crippen LogP) is 3.11. The van der Waals surface area contributed by atoms with E-state index < -0.39 is 0 Å². The Morgan fingerprint density at radius 1 is 1.36 bits per heavy atom. The zero-order valence-corrected chi connectivity index (χ0v) is 13.3. The summed E-state index contributed by atoms with van der Waals surface area (Å²) in [6.07, 6.45) is 3.98. The predicted molar refractivity (Wildman–Crippen MR) is 91.6 cm³/mol. The molecule has 0 saturated carbocycles. The van der Waals surface area contributed by atoms with Crippen molar-refractivity contribution in [3.05, 3.63) is 47.0 Å². The molecule has 1 aliphatic heterocycles. The Morgan fingerprint density at radius 2 is 2.14 bits per heavy atom. The van der Waals surface area contributed by atoms with Crippen molar-refractivity contribution < 1.29 is 4.79 Å². The molecule has 1 aromatic carbocycles. The second-order valence-electron chi connectivity index (χ2n) is 5.52. The van der Waals surface area contributed by atoms with Gasteiger partial charge in [-0.05, 0) is 30.6 Å². The van der Waals surface area contributed by atoms with Crippen LogP contribution in [0.2, 0.25) is 0 Å². The highest BCUT2D eigenvalue weighted by Gasteiger charge is 2.28. The molecule has 2 N–H and O–H groups in total. The highest BCUT2D eigenvalue weighted by molar-refractivity contribution is 7.14. The van der Waals surface area contributed by atoms with Crippen molar-refractivity contribution >= 4 is 34.5 Å². The summed E-state index contributed by atoms with van der Waals surface area (Å²) in [5.74, 6) is 0.519. The number of nitrogens with zero attached hydrogens (tertiary/aromatic N) is 1. The van der Waals surface area contributed by atoms with Crippen molar-refractivity contribution in [1.82, 2.24) is 10.3 Å². The van der Waals surface area contributed by atoms with Crippen molar-refractivity contribution in [3.8, 4) is 0 Å². The number of amides is 1. The van der Waals surface area contributed by atoms with Gasteiger partial charge in [0.2, 0.25) is 5.91 Å². The molecule has 0 aliphatic carbocycles. The van der Waals surface area contributed by atoms with E-state index in [9.17, 15) is 4.79 Å². The molecule has 1 aromatic heterocycles. The molecule has 0 radical (unpaired) electrons. The number of benzene rings is 1. The van der Waals surface area contributed by atoms with Crippen LogP contribution < -0.4 is 10.6 Å². The first kappa shape index (κ1) is 14.9. The van der Waals surface area contributed by atoms with Gasteiger partial charge in [-0.15, -0.1) is 11.3 Å². The minimum Gasteiger partial charge on any atom is -0.316 e. The SMILES string of the molecule is CC(C(=O)Nc1nc(/C=C/c2ccccc2)cs1)C1CNC1. The lowest BCUT2D eigenvalue weighted by molar-refractivity contribution is -0.121. The molecule has 2 aromatic rings. The summed E-state index contributed by atoms with van der Waals surface area (Å²) < 4.78 is 0. The Bertz CT molecular complexity index is 662. The zero-order chi connectivity index (χ0) is 15.4. The van der Waals surface area contributed by atoms with E-state index in [1.165, 1.54) is 11.3 Å². The van der Waals surface area contributed by atoms with Crippen LogP contribution in [-0.2, 0) is 4.79 Å². The molecule has 1 unspecified atom stereocenters. The van der Waals surface area contributed by atoms with Crippen molar-refractivity contribution in [2.24, 2.45) is 11.8 Å². The molecule has 3 rings (SSSR count). The fourth-order valence-corrected chi connectivity index (χ4v) is 2.95. The number of rotatable bonds is 5. The summed E-state index contributed by atoms with van der Waals surface area (Å²) in [7, 11) is 0. The second-order valence-corrected chi connectivity index (χ2v) is 6.38. The first-order chi connectivity index (χ1) is 10.7. The van der Waals surface area contributed by atoms with Gasteiger partial charge in [-0.1, -0.05) is 43.3 Å². The number of hydrogen-bond donors (Lipinski definition) is 2. The van der Waals surface area contributed by atoms with Crippen LogP contribution in [0.3, 0.4) is 0 Å². The molecule has 1 amide bonds. The van der Waals surface area contributed by atoms with Crippen LogP contribution in [0.1, 0.15) is 18.2 Å². The second kappa shape index (κ2) is 6.85. The lowest BCUT2D eigenvalue weighted by atomic mass is 9.88. The largest absolute Gasteiger partial charge is 0.316 e. The third kappa shape index (κ3) is 3.61. The van der Waals surface area contributed by atoms with Crippen LogP contribution in [0.25, 0.3) is 12.2 Å². The van der Waals surface area contributed by atoms with Crippen molar-refractivity contribution in [1.29, 1.82) is 0 Å². The Labute approximate surface area is 134 Å². The first-order valence-corrected chi connectivity index (χ1v) is 8.30. The van der Waals surface area contributed by atoms with Crippen LogP contribution in [0.4, 0.5) is 5.13 Å². The van der Waals surface area contributed by atoms with Crippen LogP contribution >= 0.6 is 11.3 Å². The monoisotopic (exact) mass is 313 g/mol. The lowest BCUT2D eigenvalue weighted by Gasteiger charge is -2.31. The molecule has 22 heavy (non-hydrogen) atoms. The van der Waals surface area contributed by atoms with E-state index in [4.69, 9.17) is 0 Å². The van der Waals surface area contributed by atoms with Crippen LogP contribution in [0.5, 0.6) is 0 Å². The fourth-order valence-electron chi connectivity index (χ4n) is 2.26. The van der Waals surface area contributed by atoms with Gasteiger partial charge in [0.15, 0.2) is 5.13 Å². The number of aromatic nitrogens is 1. The Hall–Kier alpha value is -1.98. The van der Waals surface area contributed by atoms with E-state index in [1.54, 1.807) is 0 Å². The molecule has 1 aliphatic rings. The van der Waals surface area contributed by atoms with E-state index >= 15 is 0 Å². The first-order valence-electron chi connectivity index (χ1n) is 7.42. The van der Waals surface area contributed by atoms with E-state index in [0.717, 1.165) is 24.3 Å². The molecule has 0 bridgehead atoms. The molecule has 4 nitrogen and oxygen atoms in total. The Balaban J connectivity index is 1.59. The maximum Gasteiger partial charge on any atom is 0.229 e. The normalized spacial score (nSPS) is 16.4.